The van der Waals surface area contributed by atoms with Gasteiger partial charge in [0.25, 0.3) is 12.3 Å². The fourth-order valence-electron chi connectivity index (χ4n) is 7.98. The van der Waals surface area contributed by atoms with Crippen LogP contribution in [0.15, 0.2) is 42.6 Å². The number of nitrogens with one attached hydrogen (secondary N) is 2. The molecule has 4 saturated heterocycles. The lowest BCUT2D eigenvalue weighted by Gasteiger charge is -2.39. The molecular weight excluding hydrogens is 599 g/mol. The second kappa shape index (κ2) is 10.8. The van der Waals surface area contributed by atoms with E-state index in [0.717, 1.165) is 38.8 Å². The molecule has 0 saturated carbocycles. The molecule has 13 heteroatoms. The predicted molar refractivity (Wildman–Crippen MR) is 164 cm³/mol. The topological polar surface area (TPSA) is 113 Å². The molecule has 238 valence electrons. The van der Waals surface area contributed by atoms with Gasteiger partial charge in [-0.15, -0.1) is 0 Å². The number of aromatic nitrogens is 3. The monoisotopic (exact) mass is 631 g/mol. The van der Waals surface area contributed by atoms with Crippen molar-refractivity contribution in [3.8, 4) is 17.3 Å². The molecule has 4 fully saturated rings. The molecule has 46 heavy (non-hydrogen) atoms. The summed E-state index contributed by atoms with van der Waals surface area (Å²) in [6.45, 7) is 2.95. The molecule has 8 rings (SSSR count). The van der Waals surface area contributed by atoms with Crippen LogP contribution in [0.5, 0.6) is 6.01 Å². The van der Waals surface area contributed by atoms with Gasteiger partial charge in [-0.05, 0) is 57.0 Å². The average molecular weight is 632 g/mol. The number of fused-ring (bicyclic) bond motifs is 3. The highest BCUT2D eigenvalue weighted by Crippen LogP contribution is 2.41. The molecule has 6 heterocycles. The summed E-state index contributed by atoms with van der Waals surface area (Å²) in [7, 11) is 0. The van der Waals surface area contributed by atoms with Crippen molar-refractivity contribution in [2.75, 3.05) is 37.7 Å². The van der Waals surface area contributed by atoms with Crippen molar-refractivity contribution in [2.24, 2.45) is 0 Å². The Kier molecular flexibility index (Phi) is 6.78. The maximum Gasteiger partial charge on any atom is 0.322 e. The van der Waals surface area contributed by atoms with Gasteiger partial charge in [-0.25, -0.2) is 18.0 Å². The SMILES string of the molecule is O=C1NC(=O)C2(CCCN(c3nc(OCC45CCCN4CCC5)nc4c(F)c(-c5cccc6cccc(C(F)F)c56)ncc34)C2)N1. The van der Waals surface area contributed by atoms with Crippen molar-refractivity contribution in [1.29, 1.82) is 0 Å². The summed E-state index contributed by atoms with van der Waals surface area (Å²) >= 11 is 0. The molecule has 1 atom stereocenters. The maximum atomic E-state index is 16.8. The van der Waals surface area contributed by atoms with Crippen molar-refractivity contribution in [3.63, 3.8) is 0 Å². The molecule has 4 aliphatic heterocycles. The zero-order valence-corrected chi connectivity index (χ0v) is 25.0. The predicted octanol–water partition coefficient (Wildman–Crippen LogP) is 5.11. The van der Waals surface area contributed by atoms with Crippen LogP contribution in [0.25, 0.3) is 32.9 Å². The highest BCUT2D eigenvalue weighted by molar-refractivity contribution is 6.08. The Morgan fingerprint density at radius 2 is 1.74 bits per heavy atom. The highest BCUT2D eigenvalue weighted by atomic mass is 19.3. The standard InChI is InChI=1S/C33H32F3N7O3/c34-24-25(20-8-1-6-19-7-2-9-21(23(19)20)27(35)36)37-16-22-26(24)38-31(46-18-32-10-3-14-43(32)15-4-11-32)39-28(22)42-13-5-12-33(17-42)29(44)40-30(45)41-33/h1-2,6-9,16,27H,3-5,10-15,17-18H2,(H2,40,41,44,45). The highest BCUT2D eigenvalue weighted by Gasteiger charge is 2.49. The van der Waals surface area contributed by atoms with E-state index in [2.05, 4.69) is 25.5 Å². The Morgan fingerprint density at radius 1 is 0.978 bits per heavy atom. The smallest absolute Gasteiger partial charge is 0.322 e. The number of halogens is 3. The molecule has 2 N–H and O–H groups in total. The van der Waals surface area contributed by atoms with Crippen LogP contribution in [0.4, 0.5) is 23.8 Å². The number of benzene rings is 2. The van der Waals surface area contributed by atoms with E-state index in [1.54, 1.807) is 30.3 Å². The number of carbonyl (C=O) groups excluding carboxylic acids is 2. The van der Waals surface area contributed by atoms with Crippen molar-refractivity contribution < 1.29 is 27.5 Å². The number of imide groups is 1. The van der Waals surface area contributed by atoms with E-state index >= 15 is 4.39 Å². The first-order valence-electron chi connectivity index (χ1n) is 15.7. The molecule has 3 amide bonds. The number of nitrogens with zero attached hydrogens (tertiary/aromatic N) is 5. The molecule has 4 aromatic rings. The average Bonchev–Trinajstić information content (AvgIpc) is 3.71. The van der Waals surface area contributed by atoms with Crippen molar-refractivity contribution in [2.45, 2.75) is 56.0 Å². The zero-order chi connectivity index (χ0) is 31.6. The van der Waals surface area contributed by atoms with Gasteiger partial charge in [0.15, 0.2) is 5.82 Å². The van der Waals surface area contributed by atoms with Crippen molar-refractivity contribution in [1.82, 2.24) is 30.5 Å². The number of piperidine rings is 1. The van der Waals surface area contributed by atoms with Gasteiger partial charge in [-0.1, -0.05) is 36.4 Å². The van der Waals surface area contributed by atoms with Gasteiger partial charge < -0.3 is 15.0 Å². The van der Waals surface area contributed by atoms with Crippen molar-refractivity contribution >= 4 is 39.4 Å². The van der Waals surface area contributed by atoms with E-state index < -0.39 is 29.7 Å². The van der Waals surface area contributed by atoms with Crippen LogP contribution in [0.3, 0.4) is 0 Å². The van der Waals surface area contributed by atoms with Gasteiger partial charge in [0.05, 0.1) is 17.5 Å². The summed E-state index contributed by atoms with van der Waals surface area (Å²) < 4.78 is 51.3. The summed E-state index contributed by atoms with van der Waals surface area (Å²) in [6.07, 6.45) is 3.81. The fourth-order valence-corrected chi connectivity index (χ4v) is 7.98. The Bertz CT molecular complexity index is 1890. The minimum atomic E-state index is -2.77. The number of rotatable bonds is 6. The molecule has 2 aromatic carbocycles. The summed E-state index contributed by atoms with van der Waals surface area (Å²) in [6, 6.07) is 8.97. The molecule has 4 aliphatic rings. The largest absolute Gasteiger partial charge is 0.461 e. The Labute approximate surface area is 262 Å². The number of ether oxygens (including phenoxy) is 1. The number of carbonyl (C=O) groups is 2. The lowest BCUT2D eigenvalue weighted by molar-refractivity contribution is -0.124. The molecule has 0 radical (unpaired) electrons. The number of anilines is 1. The van der Waals surface area contributed by atoms with Crippen LogP contribution in [-0.4, -0.2) is 75.7 Å². The fraction of sp³-hybridized carbons (Fsp3) is 0.424. The molecule has 1 spiro atoms. The minimum absolute atomic E-state index is 0.0163. The summed E-state index contributed by atoms with van der Waals surface area (Å²) in [5, 5.41) is 6.14. The minimum Gasteiger partial charge on any atom is -0.461 e. The Morgan fingerprint density at radius 3 is 2.48 bits per heavy atom. The van der Waals surface area contributed by atoms with E-state index in [-0.39, 0.29) is 51.2 Å². The van der Waals surface area contributed by atoms with E-state index in [9.17, 15) is 18.4 Å². The van der Waals surface area contributed by atoms with Crippen LogP contribution in [0.1, 0.15) is 50.5 Å². The van der Waals surface area contributed by atoms with Gasteiger partial charge in [0.1, 0.15) is 29.2 Å². The third-order valence-corrected chi connectivity index (χ3v) is 10.2. The Balaban J connectivity index is 1.26. The lowest BCUT2D eigenvalue weighted by atomic mass is 9.89. The first kappa shape index (κ1) is 28.9. The number of alkyl halides is 2. The molecular formula is C33H32F3N7O3. The maximum absolute atomic E-state index is 16.8. The van der Waals surface area contributed by atoms with Crippen LogP contribution >= 0.6 is 0 Å². The molecule has 2 aromatic heterocycles. The van der Waals surface area contributed by atoms with Crippen LogP contribution in [-0.2, 0) is 4.79 Å². The quantitative estimate of drug-likeness (QED) is 0.283. The van der Waals surface area contributed by atoms with E-state index in [4.69, 9.17) is 9.72 Å². The second-order valence-corrected chi connectivity index (χ2v) is 12.8. The van der Waals surface area contributed by atoms with E-state index in [0.29, 0.717) is 37.2 Å². The van der Waals surface area contributed by atoms with Gasteiger partial charge in [-0.2, -0.15) is 9.97 Å². The number of pyridine rings is 1. The first-order valence-corrected chi connectivity index (χ1v) is 15.7. The van der Waals surface area contributed by atoms with Gasteiger partial charge >= 0.3 is 12.0 Å². The van der Waals surface area contributed by atoms with Crippen molar-refractivity contribution in [3.05, 3.63) is 54.0 Å². The van der Waals surface area contributed by atoms with Crippen LogP contribution < -0.4 is 20.3 Å². The van der Waals surface area contributed by atoms with Gasteiger partial charge in [0, 0.05) is 29.3 Å². The Hall–Kier alpha value is -4.52. The molecule has 10 nitrogen and oxygen atoms in total. The van der Waals surface area contributed by atoms with E-state index in [1.165, 1.54) is 12.3 Å². The third kappa shape index (κ3) is 4.54. The van der Waals surface area contributed by atoms with E-state index in [1.807, 2.05) is 4.90 Å². The van der Waals surface area contributed by atoms with Gasteiger partial charge in [-0.3, -0.25) is 20.0 Å². The number of amides is 3. The second-order valence-electron chi connectivity index (χ2n) is 12.8. The van der Waals surface area contributed by atoms with Gasteiger partial charge in [0.2, 0.25) is 0 Å². The van der Waals surface area contributed by atoms with Crippen LogP contribution in [0, 0.1) is 5.82 Å². The summed E-state index contributed by atoms with van der Waals surface area (Å²) in [4.78, 5) is 43.0. The number of urea groups is 1. The zero-order valence-electron chi connectivity index (χ0n) is 25.0. The van der Waals surface area contributed by atoms with Crippen LogP contribution in [0.2, 0.25) is 0 Å². The summed E-state index contributed by atoms with van der Waals surface area (Å²) in [5.74, 6) is -0.886. The molecule has 0 bridgehead atoms. The number of hydrogen-bond acceptors (Lipinski definition) is 8. The lowest BCUT2D eigenvalue weighted by Crippen LogP contribution is -2.58. The first-order chi connectivity index (χ1) is 22.3. The molecule has 0 aliphatic carbocycles. The summed E-state index contributed by atoms with van der Waals surface area (Å²) in [5.41, 5.74) is -1.44. The number of hydrogen-bond donors (Lipinski definition) is 2. The third-order valence-electron chi connectivity index (χ3n) is 10.2. The normalized spacial score (nSPS) is 22.7. The molecule has 1 unspecified atom stereocenters.